The van der Waals surface area contributed by atoms with Crippen molar-refractivity contribution in [2.75, 3.05) is 26.8 Å². The Bertz CT molecular complexity index is 571. The van der Waals surface area contributed by atoms with Crippen molar-refractivity contribution in [2.24, 2.45) is 0 Å². The first-order chi connectivity index (χ1) is 11.6. The molecule has 0 radical (unpaired) electrons. The number of rotatable bonds is 7. The number of hydrogen-bond donors (Lipinski definition) is 2. The number of halogens is 1. The molecule has 2 N–H and O–H groups in total. The van der Waals surface area contributed by atoms with Gasteiger partial charge in [0.25, 0.3) is 0 Å². The predicted octanol–water partition coefficient (Wildman–Crippen LogP) is 2.42. The van der Waals surface area contributed by atoms with Gasteiger partial charge in [-0.2, -0.15) is 0 Å². The Kier molecular flexibility index (Phi) is 7.06. The van der Waals surface area contributed by atoms with E-state index in [1.54, 1.807) is 7.11 Å². The molecule has 2 amide bonds. The standard InChI is InChI=1S/C18H25ClN2O3/c1-24-11-10-20-16(22)13-21-17(23)18(8-3-2-4-9-18)14-6-5-7-15(19)12-14/h5-7,12H,2-4,8-11,13H2,1H3,(H,20,22)(H,21,23). The van der Waals surface area contributed by atoms with Crippen molar-refractivity contribution in [1.29, 1.82) is 0 Å². The van der Waals surface area contributed by atoms with Crippen LogP contribution in [-0.2, 0) is 19.7 Å². The average molecular weight is 353 g/mol. The molecule has 1 saturated carbocycles. The molecule has 0 aliphatic heterocycles. The van der Waals surface area contributed by atoms with Crippen molar-refractivity contribution in [3.05, 3.63) is 34.9 Å². The lowest BCUT2D eigenvalue weighted by Gasteiger charge is -2.36. The molecule has 132 valence electrons. The lowest BCUT2D eigenvalue weighted by molar-refractivity contribution is -0.130. The Hall–Kier alpha value is -1.59. The summed E-state index contributed by atoms with van der Waals surface area (Å²) in [6, 6.07) is 7.50. The summed E-state index contributed by atoms with van der Waals surface area (Å²) >= 11 is 6.12. The van der Waals surface area contributed by atoms with E-state index in [0.717, 1.165) is 37.7 Å². The molecular formula is C18H25ClN2O3. The van der Waals surface area contributed by atoms with Gasteiger partial charge in [0.15, 0.2) is 0 Å². The van der Waals surface area contributed by atoms with Crippen LogP contribution in [0.4, 0.5) is 0 Å². The molecule has 0 aromatic heterocycles. The molecule has 0 saturated heterocycles. The maximum Gasteiger partial charge on any atom is 0.239 e. The van der Waals surface area contributed by atoms with Crippen LogP contribution < -0.4 is 10.6 Å². The second-order valence-corrected chi connectivity index (χ2v) is 6.61. The average Bonchev–Trinajstić information content (AvgIpc) is 2.60. The lowest BCUT2D eigenvalue weighted by Crippen LogP contribution is -2.48. The van der Waals surface area contributed by atoms with Crippen LogP contribution in [0.3, 0.4) is 0 Å². The van der Waals surface area contributed by atoms with E-state index < -0.39 is 5.41 Å². The van der Waals surface area contributed by atoms with Gasteiger partial charge in [-0.05, 0) is 30.5 Å². The number of carbonyl (C=O) groups excluding carboxylic acids is 2. The van der Waals surface area contributed by atoms with E-state index >= 15 is 0 Å². The number of ether oxygens (including phenoxy) is 1. The SMILES string of the molecule is COCCNC(=O)CNC(=O)C1(c2cccc(Cl)c2)CCCCC1. The van der Waals surface area contributed by atoms with E-state index in [4.69, 9.17) is 16.3 Å². The normalized spacial score (nSPS) is 16.4. The number of methoxy groups -OCH3 is 1. The summed E-state index contributed by atoms with van der Waals surface area (Å²) in [6.07, 6.45) is 4.70. The van der Waals surface area contributed by atoms with Crippen LogP contribution in [0.5, 0.6) is 0 Å². The van der Waals surface area contributed by atoms with E-state index in [2.05, 4.69) is 10.6 Å². The third-order valence-corrected chi connectivity index (χ3v) is 4.79. The second kappa shape index (κ2) is 9.04. The van der Waals surface area contributed by atoms with Crippen molar-refractivity contribution >= 4 is 23.4 Å². The summed E-state index contributed by atoms with van der Waals surface area (Å²) in [7, 11) is 1.58. The van der Waals surface area contributed by atoms with Crippen molar-refractivity contribution in [1.82, 2.24) is 10.6 Å². The Balaban J connectivity index is 2.05. The first kappa shape index (κ1) is 18.7. The molecule has 2 rings (SSSR count). The molecule has 24 heavy (non-hydrogen) atoms. The van der Waals surface area contributed by atoms with E-state index in [9.17, 15) is 9.59 Å². The molecule has 1 aliphatic rings. The zero-order valence-electron chi connectivity index (χ0n) is 14.1. The smallest absolute Gasteiger partial charge is 0.239 e. The molecule has 0 atom stereocenters. The minimum atomic E-state index is -0.587. The van der Waals surface area contributed by atoms with Crippen molar-refractivity contribution in [3.63, 3.8) is 0 Å². The fraction of sp³-hybridized carbons (Fsp3) is 0.556. The van der Waals surface area contributed by atoms with Gasteiger partial charge in [0, 0.05) is 18.7 Å². The molecule has 0 bridgehead atoms. The van der Waals surface area contributed by atoms with Gasteiger partial charge in [0.1, 0.15) is 0 Å². The zero-order valence-corrected chi connectivity index (χ0v) is 14.8. The molecule has 1 aromatic carbocycles. The molecule has 5 nitrogen and oxygen atoms in total. The highest BCUT2D eigenvalue weighted by Crippen LogP contribution is 2.40. The van der Waals surface area contributed by atoms with Crippen LogP contribution in [0.1, 0.15) is 37.7 Å². The molecule has 0 unspecified atom stereocenters. The van der Waals surface area contributed by atoms with Gasteiger partial charge in [0.2, 0.25) is 11.8 Å². The minimum Gasteiger partial charge on any atom is -0.383 e. The quantitative estimate of drug-likeness (QED) is 0.740. The molecule has 6 heteroatoms. The molecule has 0 spiro atoms. The van der Waals surface area contributed by atoms with Gasteiger partial charge in [-0.15, -0.1) is 0 Å². The van der Waals surface area contributed by atoms with Crippen molar-refractivity contribution < 1.29 is 14.3 Å². The third kappa shape index (κ3) is 4.71. The van der Waals surface area contributed by atoms with E-state index in [-0.39, 0.29) is 18.4 Å². The van der Waals surface area contributed by atoms with Crippen LogP contribution in [0.25, 0.3) is 0 Å². The summed E-state index contributed by atoms with van der Waals surface area (Å²) in [5, 5.41) is 6.13. The summed E-state index contributed by atoms with van der Waals surface area (Å²) in [5.74, 6) is -0.302. The van der Waals surface area contributed by atoms with Gasteiger partial charge in [-0.3, -0.25) is 9.59 Å². The minimum absolute atomic E-state index is 0.0230. The molecule has 1 fully saturated rings. The maximum absolute atomic E-state index is 12.9. The van der Waals surface area contributed by atoms with Gasteiger partial charge in [-0.1, -0.05) is 43.0 Å². The Labute approximate surface area is 148 Å². The molecular weight excluding hydrogens is 328 g/mol. The summed E-state index contributed by atoms with van der Waals surface area (Å²) in [4.78, 5) is 24.7. The maximum atomic E-state index is 12.9. The number of benzene rings is 1. The monoisotopic (exact) mass is 352 g/mol. The van der Waals surface area contributed by atoms with Crippen LogP contribution >= 0.6 is 11.6 Å². The van der Waals surface area contributed by atoms with E-state index in [0.29, 0.717) is 18.2 Å². The number of hydrogen-bond acceptors (Lipinski definition) is 3. The van der Waals surface area contributed by atoms with Crippen LogP contribution in [0, 0.1) is 0 Å². The van der Waals surface area contributed by atoms with E-state index in [1.165, 1.54) is 0 Å². The zero-order chi connectivity index (χ0) is 17.4. The van der Waals surface area contributed by atoms with Crippen LogP contribution in [0.15, 0.2) is 24.3 Å². The largest absolute Gasteiger partial charge is 0.383 e. The summed E-state index contributed by atoms with van der Waals surface area (Å²) in [6.45, 7) is 0.863. The van der Waals surface area contributed by atoms with Gasteiger partial charge in [0.05, 0.1) is 18.6 Å². The van der Waals surface area contributed by atoms with E-state index in [1.807, 2.05) is 24.3 Å². The molecule has 0 heterocycles. The highest BCUT2D eigenvalue weighted by molar-refractivity contribution is 6.30. The second-order valence-electron chi connectivity index (χ2n) is 6.18. The first-order valence-corrected chi connectivity index (χ1v) is 8.76. The van der Waals surface area contributed by atoms with Gasteiger partial charge >= 0.3 is 0 Å². The van der Waals surface area contributed by atoms with Crippen molar-refractivity contribution in [2.45, 2.75) is 37.5 Å². The fourth-order valence-electron chi connectivity index (χ4n) is 3.27. The Morgan fingerprint density at radius 3 is 2.62 bits per heavy atom. The fourth-order valence-corrected chi connectivity index (χ4v) is 3.46. The number of nitrogens with one attached hydrogen (secondary N) is 2. The summed E-state index contributed by atoms with van der Waals surface area (Å²) < 4.78 is 4.88. The Morgan fingerprint density at radius 2 is 1.96 bits per heavy atom. The Morgan fingerprint density at radius 1 is 1.21 bits per heavy atom. The number of amides is 2. The predicted molar refractivity (Wildman–Crippen MR) is 94.1 cm³/mol. The molecule has 1 aliphatic carbocycles. The summed E-state index contributed by atoms with van der Waals surface area (Å²) in [5.41, 5.74) is 0.350. The highest BCUT2D eigenvalue weighted by Gasteiger charge is 2.41. The van der Waals surface area contributed by atoms with Crippen LogP contribution in [0.2, 0.25) is 5.02 Å². The van der Waals surface area contributed by atoms with Crippen LogP contribution in [-0.4, -0.2) is 38.6 Å². The first-order valence-electron chi connectivity index (χ1n) is 8.38. The van der Waals surface area contributed by atoms with Gasteiger partial charge in [-0.25, -0.2) is 0 Å². The van der Waals surface area contributed by atoms with Gasteiger partial charge < -0.3 is 15.4 Å². The topological polar surface area (TPSA) is 67.4 Å². The highest BCUT2D eigenvalue weighted by atomic mass is 35.5. The lowest BCUT2D eigenvalue weighted by atomic mass is 9.68. The van der Waals surface area contributed by atoms with Crippen molar-refractivity contribution in [3.8, 4) is 0 Å². The third-order valence-electron chi connectivity index (χ3n) is 4.56. The number of carbonyl (C=O) groups is 2. The molecule has 1 aromatic rings.